The number of hydrogen-bond donors (Lipinski definition) is 1. The van der Waals surface area contributed by atoms with E-state index in [9.17, 15) is 13.2 Å². The third-order valence-electron chi connectivity index (χ3n) is 2.42. The van der Waals surface area contributed by atoms with Gasteiger partial charge in [-0.2, -0.15) is 0 Å². The lowest BCUT2D eigenvalue weighted by molar-refractivity contribution is 0.0954. The van der Waals surface area contributed by atoms with Crippen molar-refractivity contribution in [1.82, 2.24) is 5.32 Å². The SMILES string of the molecule is CC(C)(CNC(=O)c1cccs1)S(C)(=O)=O. The molecule has 16 heavy (non-hydrogen) atoms. The van der Waals surface area contributed by atoms with Gasteiger partial charge in [-0.15, -0.1) is 11.3 Å². The molecule has 1 aromatic rings. The Bertz CT molecular complexity index is 460. The Morgan fingerprint density at radius 3 is 2.56 bits per heavy atom. The molecule has 0 unspecified atom stereocenters. The highest BCUT2D eigenvalue weighted by molar-refractivity contribution is 7.92. The maximum Gasteiger partial charge on any atom is 0.261 e. The van der Waals surface area contributed by atoms with E-state index in [0.29, 0.717) is 4.88 Å². The number of hydrogen-bond acceptors (Lipinski definition) is 4. The van der Waals surface area contributed by atoms with Crippen LogP contribution in [0.3, 0.4) is 0 Å². The minimum atomic E-state index is -3.18. The number of nitrogens with one attached hydrogen (secondary N) is 1. The third kappa shape index (κ3) is 3.05. The summed E-state index contributed by atoms with van der Waals surface area (Å²) in [5, 5.41) is 4.43. The molecule has 1 heterocycles. The van der Waals surface area contributed by atoms with Gasteiger partial charge in [-0.1, -0.05) is 6.07 Å². The predicted molar refractivity (Wildman–Crippen MR) is 65.6 cm³/mol. The smallest absolute Gasteiger partial charge is 0.261 e. The number of carbonyl (C=O) groups is 1. The van der Waals surface area contributed by atoms with Gasteiger partial charge >= 0.3 is 0 Å². The first-order valence-electron chi connectivity index (χ1n) is 4.75. The summed E-state index contributed by atoms with van der Waals surface area (Å²) in [5.41, 5.74) is 0. The van der Waals surface area contributed by atoms with E-state index in [1.165, 1.54) is 17.6 Å². The molecule has 1 N–H and O–H groups in total. The number of carbonyl (C=O) groups excluding carboxylic acids is 1. The molecule has 6 heteroatoms. The van der Waals surface area contributed by atoms with Gasteiger partial charge in [0.25, 0.3) is 5.91 Å². The molecule has 1 aromatic heterocycles. The van der Waals surface area contributed by atoms with Crippen molar-refractivity contribution < 1.29 is 13.2 Å². The standard InChI is InChI=1S/C10H15NO3S2/c1-10(2,16(3,13)14)7-11-9(12)8-5-4-6-15-8/h4-6H,7H2,1-3H3,(H,11,12). The molecule has 0 aliphatic rings. The molecule has 0 atom stereocenters. The first-order valence-corrected chi connectivity index (χ1v) is 7.52. The molecule has 0 fully saturated rings. The zero-order valence-electron chi connectivity index (χ0n) is 9.48. The van der Waals surface area contributed by atoms with Crippen LogP contribution in [0.5, 0.6) is 0 Å². The van der Waals surface area contributed by atoms with Gasteiger partial charge in [-0.05, 0) is 25.3 Å². The molecule has 4 nitrogen and oxygen atoms in total. The Balaban J connectivity index is 2.63. The maximum absolute atomic E-state index is 11.6. The fraction of sp³-hybridized carbons (Fsp3) is 0.500. The van der Waals surface area contributed by atoms with Gasteiger partial charge in [-0.25, -0.2) is 8.42 Å². The van der Waals surface area contributed by atoms with Gasteiger partial charge in [0, 0.05) is 12.8 Å². The summed E-state index contributed by atoms with van der Waals surface area (Å²) in [6.07, 6.45) is 1.17. The van der Waals surface area contributed by atoms with Gasteiger partial charge in [0.1, 0.15) is 0 Å². The molecule has 90 valence electrons. The van der Waals surface area contributed by atoms with Crippen LogP contribution in [0.2, 0.25) is 0 Å². The van der Waals surface area contributed by atoms with E-state index >= 15 is 0 Å². The van der Waals surface area contributed by atoms with E-state index in [1.54, 1.807) is 31.4 Å². The van der Waals surface area contributed by atoms with Crippen molar-refractivity contribution >= 4 is 27.1 Å². The van der Waals surface area contributed by atoms with Crippen molar-refractivity contribution in [2.24, 2.45) is 0 Å². The zero-order chi connectivity index (χ0) is 12.4. The van der Waals surface area contributed by atoms with Crippen LogP contribution in [0, 0.1) is 0 Å². The Morgan fingerprint density at radius 2 is 2.12 bits per heavy atom. The third-order valence-corrected chi connectivity index (χ3v) is 5.44. The van der Waals surface area contributed by atoms with E-state index in [4.69, 9.17) is 0 Å². The van der Waals surface area contributed by atoms with Crippen molar-refractivity contribution in [1.29, 1.82) is 0 Å². The molecule has 0 aliphatic carbocycles. The quantitative estimate of drug-likeness (QED) is 0.888. The summed E-state index contributed by atoms with van der Waals surface area (Å²) in [6, 6.07) is 3.48. The Kier molecular flexibility index (Phi) is 3.75. The second-order valence-corrected chi connectivity index (χ2v) is 7.79. The van der Waals surface area contributed by atoms with Gasteiger partial charge < -0.3 is 5.32 Å². The predicted octanol–water partition coefficient (Wildman–Crippen LogP) is 1.30. The van der Waals surface area contributed by atoms with E-state index in [0.717, 1.165) is 0 Å². The monoisotopic (exact) mass is 261 g/mol. The molecule has 0 saturated carbocycles. The molecule has 0 aliphatic heterocycles. The number of amides is 1. The van der Waals surface area contributed by atoms with Crippen LogP contribution in [0.15, 0.2) is 17.5 Å². The summed E-state index contributed by atoms with van der Waals surface area (Å²) in [4.78, 5) is 12.2. The van der Waals surface area contributed by atoms with Crippen molar-refractivity contribution in [3.63, 3.8) is 0 Å². The van der Waals surface area contributed by atoms with Gasteiger partial charge in [0.05, 0.1) is 9.62 Å². The normalized spacial score (nSPS) is 12.4. The average Bonchev–Trinajstić information content (AvgIpc) is 2.65. The minimum Gasteiger partial charge on any atom is -0.350 e. The maximum atomic E-state index is 11.6. The molecule has 0 saturated heterocycles. The summed E-state index contributed by atoms with van der Waals surface area (Å²) in [7, 11) is -3.18. The molecule has 0 radical (unpaired) electrons. The average molecular weight is 261 g/mol. The van der Waals surface area contributed by atoms with Gasteiger partial charge in [0.15, 0.2) is 9.84 Å². The van der Waals surface area contributed by atoms with Crippen LogP contribution in [0.25, 0.3) is 0 Å². The van der Waals surface area contributed by atoms with E-state index < -0.39 is 14.6 Å². The first kappa shape index (κ1) is 13.2. The first-order chi connectivity index (χ1) is 7.24. The number of thiophene rings is 1. The van der Waals surface area contributed by atoms with Crippen LogP contribution >= 0.6 is 11.3 Å². The topological polar surface area (TPSA) is 63.2 Å². The van der Waals surface area contributed by atoms with Crippen LogP contribution < -0.4 is 5.32 Å². The molecule has 1 amide bonds. The Hall–Kier alpha value is -0.880. The van der Waals surface area contributed by atoms with Crippen molar-refractivity contribution in [3.8, 4) is 0 Å². The van der Waals surface area contributed by atoms with Crippen molar-refractivity contribution in [3.05, 3.63) is 22.4 Å². The number of sulfone groups is 1. The van der Waals surface area contributed by atoms with E-state index in [1.807, 2.05) is 0 Å². The van der Waals surface area contributed by atoms with Crippen molar-refractivity contribution in [2.75, 3.05) is 12.8 Å². The molecular weight excluding hydrogens is 246 g/mol. The zero-order valence-corrected chi connectivity index (χ0v) is 11.1. The van der Waals surface area contributed by atoms with Crippen LogP contribution in [0.1, 0.15) is 23.5 Å². The largest absolute Gasteiger partial charge is 0.350 e. The molecular formula is C10H15NO3S2. The van der Waals surface area contributed by atoms with Gasteiger partial charge in [0.2, 0.25) is 0 Å². The molecule has 0 aromatic carbocycles. The minimum absolute atomic E-state index is 0.114. The molecule has 0 spiro atoms. The van der Waals surface area contributed by atoms with E-state index in [2.05, 4.69) is 5.32 Å². The Morgan fingerprint density at radius 1 is 1.50 bits per heavy atom. The Labute approximate surface area is 99.6 Å². The van der Waals surface area contributed by atoms with Crippen LogP contribution in [0.4, 0.5) is 0 Å². The summed E-state index contributed by atoms with van der Waals surface area (Å²) >= 11 is 1.33. The van der Waals surface area contributed by atoms with Crippen LogP contribution in [-0.4, -0.2) is 31.9 Å². The fourth-order valence-electron chi connectivity index (χ4n) is 0.919. The highest BCUT2D eigenvalue weighted by Gasteiger charge is 2.30. The lowest BCUT2D eigenvalue weighted by Gasteiger charge is -2.22. The second kappa shape index (κ2) is 4.55. The summed E-state index contributed by atoms with van der Waals surface area (Å²) < 4.78 is 21.9. The molecule has 1 rings (SSSR count). The fourth-order valence-corrected chi connectivity index (χ4v) is 1.89. The second-order valence-electron chi connectivity index (χ2n) is 4.19. The van der Waals surface area contributed by atoms with Crippen LogP contribution in [-0.2, 0) is 9.84 Å². The summed E-state index contributed by atoms with van der Waals surface area (Å²) in [6.45, 7) is 3.30. The lowest BCUT2D eigenvalue weighted by Crippen LogP contribution is -2.43. The molecule has 0 bridgehead atoms. The van der Waals surface area contributed by atoms with E-state index in [-0.39, 0.29) is 12.5 Å². The highest BCUT2D eigenvalue weighted by atomic mass is 32.2. The highest BCUT2D eigenvalue weighted by Crippen LogP contribution is 2.14. The van der Waals surface area contributed by atoms with Gasteiger partial charge in [-0.3, -0.25) is 4.79 Å². The summed E-state index contributed by atoms with van der Waals surface area (Å²) in [5.74, 6) is -0.230. The number of rotatable bonds is 4. The lowest BCUT2D eigenvalue weighted by atomic mass is 10.2. The van der Waals surface area contributed by atoms with Crippen molar-refractivity contribution in [2.45, 2.75) is 18.6 Å².